The summed E-state index contributed by atoms with van der Waals surface area (Å²) in [6.45, 7) is 19.3. The van der Waals surface area contributed by atoms with Crippen LogP contribution in [-0.2, 0) is 42.8 Å². The molecular weight excluding hydrogens is 646 g/mol. The minimum absolute atomic E-state index is 0.1000. The molecule has 0 saturated carbocycles. The molecule has 0 bridgehead atoms. The first-order valence-electron chi connectivity index (χ1n) is 18.1. The molecule has 13 heteroatoms. The van der Waals surface area contributed by atoms with Crippen molar-refractivity contribution in [2.75, 3.05) is 48.0 Å². The molecule has 2 rings (SSSR count). The average molecular weight is 712 g/mol. The number of esters is 1. The average Bonchev–Trinajstić information content (AvgIpc) is 3.34. The number of nitrogens with two attached hydrogens (primary N) is 1. The van der Waals surface area contributed by atoms with E-state index in [-0.39, 0.29) is 36.8 Å². The summed E-state index contributed by atoms with van der Waals surface area (Å²) in [6.07, 6.45) is -1.77. The van der Waals surface area contributed by atoms with E-state index in [1.165, 1.54) is 18.9 Å². The van der Waals surface area contributed by atoms with Gasteiger partial charge in [0.25, 0.3) is 0 Å². The Kier molecular flexibility index (Phi) is 16.5. The van der Waals surface area contributed by atoms with Gasteiger partial charge in [0.15, 0.2) is 23.5 Å². The van der Waals surface area contributed by atoms with Gasteiger partial charge >= 0.3 is 12.1 Å². The van der Waals surface area contributed by atoms with Crippen LogP contribution in [0.2, 0.25) is 0 Å². The topological polar surface area (TPSA) is 156 Å². The first-order chi connectivity index (χ1) is 23.4. The van der Waals surface area contributed by atoms with Crippen molar-refractivity contribution in [3.63, 3.8) is 0 Å². The van der Waals surface area contributed by atoms with Crippen molar-refractivity contribution in [3.05, 3.63) is 12.2 Å². The SMILES string of the molecule is C=C1C(=O)[C@H](C)C[C@@](C)(OC)[C@H](O[C@H](OCC)C(OC)C(CC)N(C)C)[C@@H](C)C(=O)[C@@H](C)C(=O)O[C@H](CC)[C@@]2(C)OC(=O)N(CCCCN)[C@H]12. The van der Waals surface area contributed by atoms with Crippen molar-refractivity contribution < 1.29 is 47.6 Å². The standard InChI is InChI=1S/C37H65N3O10/c1-14-26(39(10)11)30(45-12)34(47-16-3)49-32-24(6)29(42)25(7)33(43)48-27(15-2)37(9)31(40(35(44)50-37)20-18-17-19-38)23(5)28(41)22(4)21-36(32,8)46-13/h22,24-27,30-32,34H,5,14-21,38H2,1-4,6-13H3/t22-,24+,25-,26?,27-,30?,31-,32-,34+,36-,37-/m1/s1. The number of amides is 1. The zero-order valence-corrected chi connectivity index (χ0v) is 32.6. The van der Waals surface area contributed by atoms with Crippen LogP contribution in [0.15, 0.2) is 12.2 Å². The zero-order chi connectivity index (χ0) is 38.1. The van der Waals surface area contributed by atoms with Crippen molar-refractivity contribution in [1.29, 1.82) is 0 Å². The van der Waals surface area contributed by atoms with Crippen LogP contribution in [0.4, 0.5) is 4.79 Å². The number of ether oxygens (including phenoxy) is 6. The lowest BCUT2D eigenvalue weighted by Gasteiger charge is -2.45. The number of likely N-dealkylation sites (N-methyl/N-ethyl adjacent to an activating group) is 1. The molecule has 288 valence electrons. The van der Waals surface area contributed by atoms with E-state index in [2.05, 4.69) is 6.58 Å². The lowest BCUT2D eigenvalue weighted by molar-refractivity contribution is -0.269. The van der Waals surface area contributed by atoms with E-state index in [0.29, 0.717) is 26.0 Å². The zero-order valence-electron chi connectivity index (χ0n) is 32.6. The van der Waals surface area contributed by atoms with E-state index in [1.807, 2.05) is 32.8 Å². The molecule has 2 saturated heterocycles. The van der Waals surface area contributed by atoms with E-state index < -0.39 is 77.4 Å². The molecular formula is C37H65N3O10. The summed E-state index contributed by atoms with van der Waals surface area (Å²) in [7, 11) is 6.98. The first kappa shape index (κ1) is 43.7. The Morgan fingerprint density at radius 1 is 1.06 bits per heavy atom. The molecule has 2 aliphatic rings. The third-order valence-electron chi connectivity index (χ3n) is 10.7. The fourth-order valence-corrected chi connectivity index (χ4v) is 7.77. The van der Waals surface area contributed by atoms with Gasteiger partial charge in [0.2, 0.25) is 0 Å². The van der Waals surface area contributed by atoms with Crippen molar-refractivity contribution in [1.82, 2.24) is 9.80 Å². The molecule has 0 aromatic rings. The van der Waals surface area contributed by atoms with Crippen LogP contribution in [0.1, 0.15) is 87.5 Å². The second kappa shape index (κ2) is 18.9. The smallest absolute Gasteiger partial charge is 0.411 e. The van der Waals surface area contributed by atoms with E-state index in [4.69, 9.17) is 34.2 Å². The minimum Gasteiger partial charge on any atom is -0.457 e. The maximum Gasteiger partial charge on any atom is 0.411 e. The van der Waals surface area contributed by atoms with Gasteiger partial charge in [-0.3, -0.25) is 19.3 Å². The fraction of sp³-hybridized carbons (Fsp3) is 0.838. The lowest BCUT2D eigenvalue weighted by Crippen LogP contribution is -2.58. The maximum atomic E-state index is 14.4. The van der Waals surface area contributed by atoms with E-state index in [0.717, 1.165) is 6.42 Å². The van der Waals surface area contributed by atoms with Crippen molar-refractivity contribution in [2.45, 2.75) is 135 Å². The highest BCUT2D eigenvalue weighted by atomic mass is 16.7. The van der Waals surface area contributed by atoms with Crippen LogP contribution in [-0.4, -0.2) is 129 Å². The van der Waals surface area contributed by atoms with Crippen molar-refractivity contribution in [3.8, 4) is 0 Å². The molecule has 2 aliphatic heterocycles. The number of hydrogen-bond donors (Lipinski definition) is 1. The molecule has 13 nitrogen and oxygen atoms in total. The number of fused-ring (bicyclic) bond motifs is 1. The quantitative estimate of drug-likeness (QED) is 0.0853. The summed E-state index contributed by atoms with van der Waals surface area (Å²) < 4.78 is 37.1. The number of unbranched alkanes of at least 4 members (excludes halogenated alkanes) is 1. The van der Waals surface area contributed by atoms with Gasteiger partial charge in [-0.15, -0.1) is 0 Å². The molecule has 2 fully saturated rings. The molecule has 0 aliphatic carbocycles. The van der Waals surface area contributed by atoms with Gasteiger partial charge in [0.1, 0.15) is 24.2 Å². The Balaban J connectivity index is 2.76. The first-order valence-corrected chi connectivity index (χ1v) is 18.1. The van der Waals surface area contributed by atoms with Crippen LogP contribution >= 0.6 is 0 Å². The van der Waals surface area contributed by atoms with E-state index in [1.54, 1.807) is 41.7 Å². The van der Waals surface area contributed by atoms with Crippen molar-refractivity contribution in [2.24, 2.45) is 23.5 Å². The van der Waals surface area contributed by atoms with Gasteiger partial charge in [-0.2, -0.15) is 0 Å². The molecule has 2 N–H and O–H groups in total. The third kappa shape index (κ3) is 9.32. The van der Waals surface area contributed by atoms with E-state index in [9.17, 15) is 19.2 Å². The molecule has 11 atom stereocenters. The van der Waals surface area contributed by atoms with Crippen LogP contribution in [0.5, 0.6) is 0 Å². The number of carbonyl (C=O) groups is 4. The Hall–Kier alpha value is -2.42. The molecule has 1 amide bonds. The van der Waals surface area contributed by atoms with Gasteiger partial charge in [-0.1, -0.05) is 34.3 Å². The number of cyclic esters (lactones) is 1. The van der Waals surface area contributed by atoms with Crippen LogP contribution < -0.4 is 5.73 Å². The third-order valence-corrected chi connectivity index (χ3v) is 10.7. The number of Topliss-reactive ketones (excluding diaryl/α,β-unsaturated/α-hetero) is 2. The van der Waals surface area contributed by atoms with Gasteiger partial charge in [0.05, 0.1) is 11.7 Å². The Morgan fingerprint density at radius 2 is 1.70 bits per heavy atom. The second-order valence-corrected chi connectivity index (χ2v) is 14.4. The summed E-state index contributed by atoms with van der Waals surface area (Å²) in [5.74, 6) is -4.33. The molecule has 2 heterocycles. The second-order valence-electron chi connectivity index (χ2n) is 14.4. The Morgan fingerprint density at radius 3 is 2.20 bits per heavy atom. The van der Waals surface area contributed by atoms with Gasteiger partial charge in [-0.25, -0.2) is 4.79 Å². The molecule has 0 aromatic heterocycles. The predicted molar refractivity (Wildman–Crippen MR) is 189 cm³/mol. The highest BCUT2D eigenvalue weighted by Crippen LogP contribution is 2.42. The number of nitrogens with zero attached hydrogens (tertiary/aromatic N) is 2. The number of hydrogen-bond acceptors (Lipinski definition) is 12. The largest absolute Gasteiger partial charge is 0.457 e. The predicted octanol–water partition coefficient (Wildman–Crippen LogP) is 4.14. The molecule has 0 radical (unpaired) electrons. The lowest BCUT2D eigenvalue weighted by atomic mass is 9.75. The Labute approximate surface area is 299 Å². The highest BCUT2D eigenvalue weighted by molar-refractivity contribution is 6.00. The highest BCUT2D eigenvalue weighted by Gasteiger charge is 2.59. The minimum atomic E-state index is -1.45. The van der Waals surface area contributed by atoms with Gasteiger partial charge in [-0.05, 0) is 80.4 Å². The normalized spacial score (nSPS) is 33.5. The summed E-state index contributed by atoms with van der Waals surface area (Å²) in [5.41, 5.74) is 3.19. The molecule has 50 heavy (non-hydrogen) atoms. The number of rotatable bonds is 15. The van der Waals surface area contributed by atoms with Gasteiger partial charge in [0, 0.05) is 50.8 Å². The fourth-order valence-electron chi connectivity index (χ4n) is 7.77. The summed E-state index contributed by atoms with van der Waals surface area (Å²) in [6, 6.07) is -1.03. The Bertz CT molecular complexity index is 1180. The summed E-state index contributed by atoms with van der Waals surface area (Å²) in [4.78, 5) is 59.4. The summed E-state index contributed by atoms with van der Waals surface area (Å²) >= 11 is 0. The van der Waals surface area contributed by atoms with Crippen molar-refractivity contribution >= 4 is 23.6 Å². The van der Waals surface area contributed by atoms with E-state index >= 15 is 0 Å². The molecule has 0 aromatic carbocycles. The number of methoxy groups -OCH3 is 2. The molecule has 2 unspecified atom stereocenters. The van der Waals surface area contributed by atoms with Crippen LogP contribution in [0.25, 0.3) is 0 Å². The number of carbonyl (C=O) groups excluding carboxylic acids is 4. The van der Waals surface area contributed by atoms with Gasteiger partial charge < -0.3 is 39.1 Å². The maximum absolute atomic E-state index is 14.4. The van der Waals surface area contributed by atoms with Crippen LogP contribution in [0.3, 0.4) is 0 Å². The van der Waals surface area contributed by atoms with Crippen LogP contribution in [0, 0.1) is 17.8 Å². The number of ketones is 2. The summed E-state index contributed by atoms with van der Waals surface area (Å²) in [5, 5.41) is 0. The monoisotopic (exact) mass is 711 g/mol. The molecule has 0 spiro atoms.